The fraction of sp³-hybridized carbons (Fsp3) is 0.429. The van der Waals surface area contributed by atoms with Crippen LogP contribution < -0.4 is 0 Å². The highest BCUT2D eigenvalue weighted by molar-refractivity contribution is 5.51. The van der Waals surface area contributed by atoms with Crippen molar-refractivity contribution < 1.29 is 15.3 Å². The van der Waals surface area contributed by atoms with Gasteiger partial charge >= 0.3 is 0 Å². The number of phenols is 3. The smallest absolute Gasteiger partial charge is 0.200 e. The van der Waals surface area contributed by atoms with Gasteiger partial charge in [0, 0.05) is 0 Å². The molecule has 0 amide bonds. The van der Waals surface area contributed by atoms with Crippen LogP contribution in [-0.4, -0.2) is 15.3 Å². The number of benzene rings is 1. The van der Waals surface area contributed by atoms with Crippen LogP contribution in [0.15, 0.2) is 24.3 Å². The van der Waals surface area contributed by atoms with Crippen molar-refractivity contribution >= 4 is 0 Å². The quantitative estimate of drug-likeness (QED) is 0.402. The van der Waals surface area contributed by atoms with Gasteiger partial charge in [-0.15, -0.1) is 6.58 Å². The van der Waals surface area contributed by atoms with Crippen LogP contribution in [0.5, 0.6) is 17.2 Å². The summed E-state index contributed by atoms with van der Waals surface area (Å²) < 4.78 is 0. The van der Waals surface area contributed by atoms with Gasteiger partial charge in [0.25, 0.3) is 0 Å². The molecule has 3 nitrogen and oxygen atoms in total. The molecule has 0 spiro atoms. The maximum atomic E-state index is 9.33. The summed E-state index contributed by atoms with van der Waals surface area (Å²) in [5.41, 5.74) is 2.04. The molecule has 94 valence electrons. The average Bonchev–Trinajstić information content (AvgIpc) is 2.25. The molecule has 1 aromatic rings. The Hall–Kier alpha value is -1.64. The number of phenolic OH excluding ortho intramolecular Hbond substituents is 3. The lowest BCUT2D eigenvalue weighted by Gasteiger charge is -2.06. The first-order valence-corrected chi connectivity index (χ1v) is 5.89. The third-order valence-corrected chi connectivity index (χ3v) is 2.70. The van der Waals surface area contributed by atoms with E-state index in [1.165, 1.54) is 17.7 Å². The molecule has 0 unspecified atom stereocenters. The molecule has 0 fully saturated rings. The van der Waals surface area contributed by atoms with Crippen molar-refractivity contribution in [3.8, 4) is 17.2 Å². The highest BCUT2D eigenvalue weighted by atomic mass is 16.3. The van der Waals surface area contributed by atoms with E-state index < -0.39 is 5.75 Å². The lowest BCUT2D eigenvalue weighted by atomic mass is 10.0. The van der Waals surface area contributed by atoms with Gasteiger partial charge in [0.2, 0.25) is 0 Å². The standard InChI is InChI=1S/C14H20O3/c1-10(2)6-4-3-5-7-11-8-12(15)14(17)13(16)9-11/h8-9,15-17H,1,3-7H2,2H3. The first kappa shape index (κ1) is 13.4. The lowest BCUT2D eigenvalue weighted by Crippen LogP contribution is -1.87. The Kier molecular flexibility index (Phi) is 4.88. The van der Waals surface area contributed by atoms with E-state index in [4.69, 9.17) is 0 Å². The van der Waals surface area contributed by atoms with E-state index >= 15 is 0 Å². The van der Waals surface area contributed by atoms with Crippen LogP contribution >= 0.6 is 0 Å². The van der Waals surface area contributed by atoms with Gasteiger partial charge in [-0.25, -0.2) is 0 Å². The third kappa shape index (κ3) is 4.39. The summed E-state index contributed by atoms with van der Waals surface area (Å²) in [5, 5.41) is 27.9. The Labute approximate surface area is 102 Å². The van der Waals surface area contributed by atoms with Crippen LogP contribution in [0.25, 0.3) is 0 Å². The van der Waals surface area contributed by atoms with Gasteiger partial charge in [-0.1, -0.05) is 12.0 Å². The number of unbranched alkanes of at least 4 members (excludes halogenated alkanes) is 2. The summed E-state index contributed by atoms with van der Waals surface area (Å²) in [7, 11) is 0. The van der Waals surface area contributed by atoms with E-state index in [0.29, 0.717) is 0 Å². The molecule has 0 heterocycles. The lowest BCUT2D eigenvalue weighted by molar-refractivity contribution is 0.367. The SMILES string of the molecule is C=C(C)CCCCCc1cc(O)c(O)c(O)c1. The fourth-order valence-corrected chi connectivity index (χ4v) is 1.74. The number of hydrogen-bond donors (Lipinski definition) is 3. The molecule has 17 heavy (non-hydrogen) atoms. The van der Waals surface area contributed by atoms with E-state index in [1.807, 2.05) is 6.92 Å². The topological polar surface area (TPSA) is 60.7 Å². The average molecular weight is 236 g/mol. The molecule has 1 aromatic carbocycles. The molecule has 0 aliphatic rings. The molecule has 3 N–H and O–H groups in total. The summed E-state index contributed by atoms with van der Waals surface area (Å²) in [6, 6.07) is 2.99. The van der Waals surface area contributed by atoms with Gasteiger partial charge in [0.1, 0.15) is 0 Å². The number of rotatable bonds is 6. The molecule has 0 saturated carbocycles. The molecule has 0 aliphatic carbocycles. The van der Waals surface area contributed by atoms with Gasteiger partial charge in [-0.3, -0.25) is 0 Å². The van der Waals surface area contributed by atoms with Gasteiger partial charge in [0.15, 0.2) is 17.2 Å². The predicted molar refractivity (Wildman–Crippen MR) is 68.4 cm³/mol. The maximum Gasteiger partial charge on any atom is 0.200 e. The summed E-state index contributed by atoms with van der Waals surface area (Å²) in [4.78, 5) is 0. The van der Waals surface area contributed by atoms with Crippen LogP contribution in [-0.2, 0) is 6.42 Å². The Morgan fingerprint density at radius 2 is 1.65 bits per heavy atom. The van der Waals surface area contributed by atoms with Crippen LogP contribution in [0, 0.1) is 0 Å². The first-order valence-electron chi connectivity index (χ1n) is 5.89. The second-order valence-corrected chi connectivity index (χ2v) is 4.50. The van der Waals surface area contributed by atoms with Crippen LogP contribution in [0.3, 0.4) is 0 Å². The second kappa shape index (κ2) is 6.18. The number of aromatic hydroxyl groups is 3. The van der Waals surface area contributed by atoms with Crippen molar-refractivity contribution in [2.45, 2.75) is 39.0 Å². The van der Waals surface area contributed by atoms with Gasteiger partial charge in [-0.05, 0) is 50.3 Å². The minimum absolute atomic E-state index is 0.262. The second-order valence-electron chi connectivity index (χ2n) is 4.50. The van der Waals surface area contributed by atoms with Gasteiger partial charge < -0.3 is 15.3 Å². The fourth-order valence-electron chi connectivity index (χ4n) is 1.74. The van der Waals surface area contributed by atoms with Crippen molar-refractivity contribution in [1.29, 1.82) is 0 Å². The minimum atomic E-state index is -0.448. The Balaban J connectivity index is 2.39. The molecule has 0 bridgehead atoms. The van der Waals surface area contributed by atoms with Crippen LogP contribution in [0.1, 0.15) is 38.2 Å². The predicted octanol–water partition coefficient (Wildman–Crippen LogP) is 3.48. The third-order valence-electron chi connectivity index (χ3n) is 2.70. The van der Waals surface area contributed by atoms with Gasteiger partial charge in [0.05, 0.1) is 0 Å². The molecule has 3 heteroatoms. The molecule has 0 atom stereocenters. The largest absolute Gasteiger partial charge is 0.504 e. The zero-order valence-corrected chi connectivity index (χ0v) is 10.2. The molecular formula is C14H20O3. The summed E-state index contributed by atoms with van der Waals surface area (Å²) >= 11 is 0. The maximum absolute atomic E-state index is 9.33. The number of allylic oxidation sites excluding steroid dienone is 1. The van der Waals surface area contributed by atoms with Crippen LogP contribution in [0.4, 0.5) is 0 Å². The molecule has 0 aliphatic heterocycles. The van der Waals surface area contributed by atoms with E-state index in [2.05, 4.69) is 6.58 Å². The molecular weight excluding hydrogens is 216 g/mol. The molecule has 1 rings (SSSR count). The Morgan fingerprint density at radius 3 is 2.18 bits per heavy atom. The highest BCUT2D eigenvalue weighted by Gasteiger charge is 2.07. The van der Waals surface area contributed by atoms with Crippen molar-refractivity contribution in [1.82, 2.24) is 0 Å². The Morgan fingerprint density at radius 1 is 1.06 bits per heavy atom. The van der Waals surface area contributed by atoms with E-state index in [1.54, 1.807) is 0 Å². The first-order chi connectivity index (χ1) is 8.00. The number of hydrogen-bond acceptors (Lipinski definition) is 3. The summed E-state index contributed by atoms with van der Waals surface area (Å²) in [6.07, 6.45) is 5.04. The molecule has 0 saturated heterocycles. The normalized spacial score (nSPS) is 10.4. The minimum Gasteiger partial charge on any atom is -0.504 e. The monoisotopic (exact) mass is 236 g/mol. The van der Waals surface area contributed by atoms with E-state index in [-0.39, 0.29) is 11.5 Å². The molecule has 0 aromatic heterocycles. The summed E-state index contributed by atoms with van der Waals surface area (Å²) in [6.45, 7) is 5.87. The van der Waals surface area contributed by atoms with Gasteiger partial charge in [-0.2, -0.15) is 0 Å². The van der Waals surface area contributed by atoms with Crippen molar-refractivity contribution in [2.75, 3.05) is 0 Å². The van der Waals surface area contributed by atoms with E-state index in [0.717, 1.165) is 37.7 Å². The number of aryl methyl sites for hydroxylation is 1. The van der Waals surface area contributed by atoms with Crippen molar-refractivity contribution in [2.24, 2.45) is 0 Å². The Bertz CT molecular complexity index is 373. The van der Waals surface area contributed by atoms with E-state index in [9.17, 15) is 15.3 Å². The summed E-state index contributed by atoms with van der Waals surface area (Å²) in [5.74, 6) is -0.972. The van der Waals surface area contributed by atoms with Crippen molar-refractivity contribution in [3.63, 3.8) is 0 Å². The van der Waals surface area contributed by atoms with Crippen LogP contribution in [0.2, 0.25) is 0 Å². The zero-order chi connectivity index (χ0) is 12.8. The molecule has 0 radical (unpaired) electrons. The van der Waals surface area contributed by atoms with Crippen molar-refractivity contribution in [3.05, 3.63) is 29.8 Å². The highest BCUT2D eigenvalue weighted by Crippen LogP contribution is 2.35. The zero-order valence-electron chi connectivity index (χ0n) is 10.2.